The van der Waals surface area contributed by atoms with Gasteiger partial charge in [0.2, 0.25) is 0 Å². The highest BCUT2D eigenvalue weighted by atomic mass is 32.3. The Morgan fingerprint density at radius 2 is 1.72 bits per heavy atom. The number of benzene rings is 2. The summed E-state index contributed by atoms with van der Waals surface area (Å²) in [7, 11) is -5.15. The smallest absolute Gasteiger partial charge is 0.488 e. The number of nitrogens with zero attached hydrogens (tertiary/aromatic N) is 3. The van der Waals surface area contributed by atoms with Crippen molar-refractivity contribution in [2.24, 2.45) is 0 Å². The highest BCUT2D eigenvalue weighted by Gasteiger charge is 2.14. The monoisotopic (exact) mass is 423 g/mol. The fourth-order valence-electron chi connectivity index (χ4n) is 2.46. The Balaban J connectivity index is 1.67. The molecule has 0 saturated carbocycles. The van der Waals surface area contributed by atoms with Crippen molar-refractivity contribution in [3.05, 3.63) is 77.4 Å². The lowest BCUT2D eigenvalue weighted by atomic mass is 10.1. The average Bonchev–Trinajstić information content (AvgIpc) is 3.08. The minimum absolute atomic E-state index is 0.128. The van der Waals surface area contributed by atoms with Gasteiger partial charge in [-0.15, -0.1) is 0 Å². The van der Waals surface area contributed by atoms with Crippen LogP contribution in [0.15, 0.2) is 48.9 Å². The molecule has 0 amide bonds. The number of rotatable bonds is 7. The van der Waals surface area contributed by atoms with Crippen LogP contribution >= 0.6 is 0 Å². The van der Waals surface area contributed by atoms with Gasteiger partial charge in [-0.05, 0) is 42.0 Å². The number of imidazole rings is 1. The molecule has 1 heterocycles. The Bertz CT molecular complexity index is 1150. The zero-order valence-corrected chi connectivity index (χ0v) is 15.4. The third-order valence-corrected chi connectivity index (χ3v) is 4.11. The summed E-state index contributed by atoms with van der Waals surface area (Å²) in [4.78, 5) is 3.81. The van der Waals surface area contributed by atoms with E-state index in [2.05, 4.69) is 9.17 Å². The largest absolute Gasteiger partial charge is 0.489 e. The molecule has 11 heteroatoms. The first-order chi connectivity index (χ1) is 13.7. The van der Waals surface area contributed by atoms with Crippen LogP contribution in [0.1, 0.15) is 16.8 Å². The standard InChI is InChI=1S/C18H12F3N3O4S/c19-17-5-12(8-24-9-13(7-22)23-11-24)6-18(20)16(17)10-27-14-1-3-15(4-2-14)28-29(21,25)26/h1-6,9,11H,8,10H2. The zero-order chi connectivity index (χ0) is 21.0. The fourth-order valence-corrected chi connectivity index (χ4v) is 2.80. The van der Waals surface area contributed by atoms with Gasteiger partial charge in [0.1, 0.15) is 35.8 Å². The first-order valence-corrected chi connectivity index (χ1v) is 9.30. The summed E-state index contributed by atoms with van der Waals surface area (Å²) in [5.74, 6) is -1.74. The molecule has 150 valence electrons. The summed E-state index contributed by atoms with van der Waals surface area (Å²) >= 11 is 0. The summed E-state index contributed by atoms with van der Waals surface area (Å²) < 4.78 is 72.7. The van der Waals surface area contributed by atoms with Crippen molar-refractivity contribution in [2.75, 3.05) is 0 Å². The Labute approximate surface area is 164 Å². The van der Waals surface area contributed by atoms with E-state index in [0.717, 1.165) is 24.3 Å². The van der Waals surface area contributed by atoms with Gasteiger partial charge in [0.15, 0.2) is 5.69 Å². The van der Waals surface area contributed by atoms with Crippen molar-refractivity contribution in [3.8, 4) is 17.6 Å². The van der Waals surface area contributed by atoms with Crippen molar-refractivity contribution in [1.29, 1.82) is 5.26 Å². The van der Waals surface area contributed by atoms with E-state index in [9.17, 15) is 21.1 Å². The number of nitriles is 1. The average molecular weight is 423 g/mol. The van der Waals surface area contributed by atoms with Gasteiger partial charge in [-0.1, -0.05) is 3.89 Å². The van der Waals surface area contributed by atoms with Crippen molar-refractivity contribution >= 4 is 10.5 Å². The summed E-state index contributed by atoms with van der Waals surface area (Å²) in [6, 6.07) is 8.93. The molecule has 3 aromatic rings. The molecule has 0 N–H and O–H groups in total. The van der Waals surface area contributed by atoms with E-state index in [1.807, 2.05) is 6.07 Å². The lowest BCUT2D eigenvalue weighted by molar-refractivity contribution is 0.292. The molecule has 0 unspecified atom stereocenters. The predicted molar refractivity (Wildman–Crippen MR) is 93.8 cm³/mol. The van der Waals surface area contributed by atoms with Crippen LogP contribution in [0.4, 0.5) is 12.7 Å². The molecular weight excluding hydrogens is 411 g/mol. The summed E-state index contributed by atoms with van der Waals surface area (Å²) in [6.45, 7) is -0.300. The molecule has 0 atom stereocenters. The molecule has 1 aromatic heterocycles. The molecule has 0 spiro atoms. The van der Waals surface area contributed by atoms with Gasteiger partial charge in [-0.25, -0.2) is 13.8 Å². The molecule has 29 heavy (non-hydrogen) atoms. The van der Waals surface area contributed by atoms with Crippen LogP contribution < -0.4 is 8.92 Å². The molecule has 2 aromatic carbocycles. The Hall–Kier alpha value is -3.52. The number of ether oxygens (including phenoxy) is 1. The molecule has 0 aliphatic rings. The second-order valence-corrected chi connectivity index (χ2v) is 6.77. The molecule has 3 rings (SSSR count). The molecule has 0 aliphatic heterocycles. The van der Waals surface area contributed by atoms with Gasteiger partial charge in [-0.2, -0.15) is 13.7 Å². The normalized spacial score (nSPS) is 11.1. The third-order valence-electron chi connectivity index (χ3n) is 3.72. The molecule has 0 bridgehead atoms. The van der Waals surface area contributed by atoms with E-state index in [1.165, 1.54) is 29.2 Å². The van der Waals surface area contributed by atoms with E-state index in [4.69, 9.17) is 10.00 Å². The van der Waals surface area contributed by atoms with E-state index in [0.29, 0.717) is 5.56 Å². The molecule has 0 fully saturated rings. The van der Waals surface area contributed by atoms with Crippen molar-refractivity contribution in [2.45, 2.75) is 13.2 Å². The van der Waals surface area contributed by atoms with E-state index in [1.54, 1.807) is 0 Å². The number of hydrogen-bond donors (Lipinski definition) is 0. The van der Waals surface area contributed by atoms with E-state index in [-0.39, 0.29) is 29.3 Å². The summed E-state index contributed by atoms with van der Waals surface area (Å²) in [5.41, 5.74) is 0.222. The van der Waals surface area contributed by atoms with Gasteiger partial charge in [-0.3, -0.25) is 0 Å². The van der Waals surface area contributed by atoms with Crippen LogP contribution in [0.3, 0.4) is 0 Å². The van der Waals surface area contributed by atoms with Gasteiger partial charge in [0, 0.05) is 12.7 Å². The number of halogens is 3. The molecule has 0 saturated heterocycles. The van der Waals surface area contributed by atoms with Crippen molar-refractivity contribution in [3.63, 3.8) is 0 Å². The molecule has 0 aliphatic carbocycles. The molecule has 7 nitrogen and oxygen atoms in total. The molecule has 0 radical (unpaired) electrons. The highest BCUT2D eigenvalue weighted by Crippen LogP contribution is 2.22. The maximum absolute atomic E-state index is 14.3. The number of hydrogen-bond acceptors (Lipinski definition) is 6. The SMILES string of the molecule is N#Cc1cn(Cc2cc(F)c(COc3ccc(OS(=O)(=O)F)cc3)c(F)c2)cn1. The van der Waals surface area contributed by atoms with Crippen molar-refractivity contribution < 1.29 is 30.0 Å². The zero-order valence-electron chi connectivity index (χ0n) is 14.5. The van der Waals surface area contributed by atoms with Gasteiger partial charge in [0.05, 0.1) is 11.9 Å². The van der Waals surface area contributed by atoms with Gasteiger partial charge < -0.3 is 13.5 Å². The van der Waals surface area contributed by atoms with E-state index >= 15 is 0 Å². The van der Waals surface area contributed by atoms with Crippen molar-refractivity contribution in [1.82, 2.24) is 9.55 Å². The minimum atomic E-state index is -5.15. The Morgan fingerprint density at radius 3 is 2.28 bits per heavy atom. The number of aromatic nitrogens is 2. The minimum Gasteiger partial charge on any atom is -0.489 e. The molecular formula is C18H12F3N3O4S. The van der Waals surface area contributed by atoms with Crippen LogP contribution in [0.2, 0.25) is 0 Å². The van der Waals surface area contributed by atoms with Crippen LogP contribution in [0.5, 0.6) is 11.5 Å². The van der Waals surface area contributed by atoms with Crippen LogP contribution in [0.25, 0.3) is 0 Å². The second kappa shape index (κ2) is 8.24. The maximum atomic E-state index is 14.3. The predicted octanol–water partition coefficient (Wildman–Crippen LogP) is 3.25. The first-order valence-electron chi connectivity index (χ1n) is 7.99. The second-order valence-electron chi connectivity index (χ2n) is 5.82. The van der Waals surface area contributed by atoms with Crippen LogP contribution in [0, 0.1) is 23.0 Å². The van der Waals surface area contributed by atoms with Crippen LogP contribution in [-0.4, -0.2) is 18.0 Å². The Kier molecular flexibility index (Phi) is 5.74. The fraction of sp³-hybridized carbons (Fsp3) is 0.111. The van der Waals surface area contributed by atoms with E-state index < -0.39 is 28.7 Å². The lowest BCUT2D eigenvalue weighted by Crippen LogP contribution is -2.05. The summed E-state index contributed by atoms with van der Waals surface area (Å²) in [5, 5.41) is 8.75. The summed E-state index contributed by atoms with van der Waals surface area (Å²) in [6.07, 6.45) is 2.83. The Morgan fingerprint density at radius 1 is 1.10 bits per heavy atom. The maximum Gasteiger partial charge on any atom is 0.488 e. The van der Waals surface area contributed by atoms with Gasteiger partial charge in [0.25, 0.3) is 0 Å². The third kappa shape index (κ3) is 5.49. The first kappa shape index (κ1) is 20.2. The topological polar surface area (TPSA) is 94.2 Å². The quantitative estimate of drug-likeness (QED) is 0.542. The van der Waals surface area contributed by atoms with Gasteiger partial charge >= 0.3 is 10.5 Å². The van der Waals surface area contributed by atoms with Crippen LogP contribution in [-0.2, 0) is 23.7 Å². The highest BCUT2D eigenvalue weighted by molar-refractivity contribution is 7.81. The lowest BCUT2D eigenvalue weighted by Gasteiger charge is -2.11.